The molecule has 1 heterocycles. The maximum Gasteiger partial charge on any atom is 0.250 e. The number of rotatable bonds is 6. The largest absolute Gasteiger partial charge is 0.490 e. The molecule has 5 nitrogen and oxygen atoms in total. The van der Waals surface area contributed by atoms with E-state index < -0.39 is 0 Å². The third kappa shape index (κ3) is 4.95. The van der Waals surface area contributed by atoms with Crippen molar-refractivity contribution in [3.63, 3.8) is 0 Å². The van der Waals surface area contributed by atoms with Gasteiger partial charge in [-0.3, -0.25) is 4.79 Å². The highest BCUT2D eigenvalue weighted by atomic mass is 16.5. The molecular weight excluding hydrogens is 304 g/mol. The smallest absolute Gasteiger partial charge is 0.250 e. The Labute approximate surface area is 144 Å². The van der Waals surface area contributed by atoms with E-state index in [-0.39, 0.29) is 12.0 Å². The van der Waals surface area contributed by atoms with Gasteiger partial charge in [-0.25, -0.2) is 0 Å². The van der Waals surface area contributed by atoms with Crippen LogP contribution in [0.1, 0.15) is 31.2 Å². The zero-order chi connectivity index (χ0) is 16.8. The van der Waals surface area contributed by atoms with E-state index in [9.17, 15) is 4.79 Å². The van der Waals surface area contributed by atoms with Gasteiger partial charge in [0.15, 0.2) is 0 Å². The second-order valence-electron chi connectivity index (χ2n) is 6.83. The van der Waals surface area contributed by atoms with Gasteiger partial charge in [-0.05, 0) is 56.8 Å². The number of amides is 1. The minimum absolute atomic E-state index is 0.0114. The van der Waals surface area contributed by atoms with Crippen molar-refractivity contribution in [3.05, 3.63) is 29.8 Å². The van der Waals surface area contributed by atoms with Crippen LogP contribution in [-0.2, 0) is 16.0 Å². The predicted molar refractivity (Wildman–Crippen MR) is 93.3 cm³/mol. The van der Waals surface area contributed by atoms with Gasteiger partial charge in [-0.2, -0.15) is 0 Å². The number of carbonyl (C=O) groups excluding carboxylic acids is 1. The lowest BCUT2D eigenvalue weighted by molar-refractivity contribution is -0.137. The van der Waals surface area contributed by atoms with Crippen molar-refractivity contribution in [2.24, 2.45) is 0 Å². The third-order valence-corrected chi connectivity index (χ3v) is 4.80. The lowest BCUT2D eigenvalue weighted by Gasteiger charge is -2.29. The molecule has 0 spiro atoms. The van der Waals surface area contributed by atoms with Crippen LogP contribution in [0.2, 0.25) is 0 Å². The Morgan fingerprint density at radius 1 is 1.29 bits per heavy atom. The lowest BCUT2D eigenvalue weighted by atomic mass is 10.1. The number of morpholine rings is 1. The molecule has 1 saturated heterocycles. The molecule has 132 valence electrons. The Kier molecular flexibility index (Phi) is 6.10. The summed E-state index contributed by atoms with van der Waals surface area (Å²) in [6.07, 6.45) is 5.78. The lowest BCUT2D eigenvalue weighted by Crippen LogP contribution is -2.48. The van der Waals surface area contributed by atoms with E-state index in [0.29, 0.717) is 25.8 Å². The van der Waals surface area contributed by atoms with E-state index in [1.54, 1.807) is 0 Å². The molecular formula is C19H28N2O3. The molecule has 0 bridgehead atoms. The summed E-state index contributed by atoms with van der Waals surface area (Å²) in [5, 5.41) is 2.97. The Balaban J connectivity index is 1.39. The predicted octanol–water partition coefficient (Wildman–Crippen LogP) is 2.00. The number of nitrogens with one attached hydrogen (secondary N) is 1. The molecule has 5 heteroatoms. The SMILES string of the molecule is CN1CCO[C@H](C(=O)NCCc2ccc(OC3CCCC3)cc2)C1. The van der Waals surface area contributed by atoms with E-state index in [4.69, 9.17) is 9.47 Å². The van der Waals surface area contributed by atoms with Crippen molar-refractivity contribution in [2.45, 2.75) is 44.3 Å². The van der Waals surface area contributed by atoms with Crippen LogP contribution in [0.5, 0.6) is 5.75 Å². The van der Waals surface area contributed by atoms with Crippen LogP contribution in [0.15, 0.2) is 24.3 Å². The highest BCUT2D eigenvalue weighted by Crippen LogP contribution is 2.24. The summed E-state index contributed by atoms with van der Waals surface area (Å²) in [4.78, 5) is 14.2. The standard InChI is InChI=1S/C19H28N2O3/c1-21-12-13-23-18(14-21)19(22)20-11-10-15-6-8-17(9-7-15)24-16-4-2-3-5-16/h6-9,16,18H,2-5,10-14H2,1H3,(H,20,22)/t18-/m0/s1. The van der Waals surface area contributed by atoms with Crippen molar-refractivity contribution in [1.29, 1.82) is 0 Å². The van der Waals surface area contributed by atoms with E-state index in [1.165, 1.54) is 31.2 Å². The van der Waals surface area contributed by atoms with Crippen molar-refractivity contribution >= 4 is 5.91 Å². The monoisotopic (exact) mass is 332 g/mol. The summed E-state index contributed by atoms with van der Waals surface area (Å²) in [7, 11) is 2.01. The first-order chi connectivity index (χ1) is 11.7. The van der Waals surface area contributed by atoms with E-state index >= 15 is 0 Å². The topological polar surface area (TPSA) is 50.8 Å². The van der Waals surface area contributed by atoms with Crippen LogP contribution in [-0.4, -0.2) is 56.3 Å². The molecule has 1 aliphatic heterocycles. The molecule has 1 atom stereocenters. The third-order valence-electron chi connectivity index (χ3n) is 4.80. The summed E-state index contributed by atoms with van der Waals surface area (Å²) >= 11 is 0. The summed E-state index contributed by atoms with van der Waals surface area (Å²) < 4.78 is 11.5. The number of carbonyl (C=O) groups is 1. The highest BCUT2D eigenvalue weighted by molar-refractivity contribution is 5.81. The van der Waals surface area contributed by atoms with Gasteiger partial charge in [0, 0.05) is 19.6 Å². The average molecular weight is 332 g/mol. The second kappa shape index (κ2) is 8.49. The van der Waals surface area contributed by atoms with Gasteiger partial charge < -0.3 is 19.7 Å². The number of nitrogens with zero attached hydrogens (tertiary/aromatic N) is 1. The van der Waals surface area contributed by atoms with E-state index in [1.807, 2.05) is 19.2 Å². The van der Waals surface area contributed by atoms with Gasteiger partial charge in [0.1, 0.15) is 11.9 Å². The van der Waals surface area contributed by atoms with Crippen molar-refractivity contribution in [1.82, 2.24) is 10.2 Å². The number of hydrogen-bond acceptors (Lipinski definition) is 4. The Morgan fingerprint density at radius 2 is 2.04 bits per heavy atom. The quantitative estimate of drug-likeness (QED) is 0.866. The molecule has 3 rings (SSSR count). The zero-order valence-electron chi connectivity index (χ0n) is 14.5. The normalized spacial score (nSPS) is 22.5. The molecule has 1 aromatic carbocycles. The van der Waals surface area contributed by atoms with Crippen molar-refractivity contribution in [2.75, 3.05) is 33.3 Å². The maximum absolute atomic E-state index is 12.1. The van der Waals surface area contributed by atoms with Gasteiger partial charge >= 0.3 is 0 Å². The van der Waals surface area contributed by atoms with Gasteiger partial charge in [-0.15, -0.1) is 0 Å². The second-order valence-corrected chi connectivity index (χ2v) is 6.83. The molecule has 2 fully saturated rings. The minimum Gasteiger partial charge on any atom is -0.490 e. The van der Waals surface area contributed by atoms with Crippen LogP contribution in [0.25, 0.3) is 0 Å². The van der Waals surface area contributed by atoms with Gasteiger partial charge in [0.05, 0.1) is 12.7 Å². The molecule has 0 aromatic heterocycles. The summed E-state index contributed by atoms with van der Waals surface area (Å²) in [6.45, 7) is 2.81. The summed E-state index contributed by atoms with van der Waals surface area (Å²) in [5.74, 6) is 0.941. The van der Waals surface area contributed by atoms with Crippen LogP contribution >= 0.6 is 0 Å². The van der Waals surface area contributed by atoms with E-state index in [2.05, 4.69) is 22.3 Å². The van der Waals surface area contributed by atoms with Crippen molar-refractivity contribution in [3.8, 4) is 5.75 Å². The first-order valence-electron chi connectivity index (χ1n) is 9.04. The van der Waals surface area contributed by atoms with Crippen LogP contribution < -0.4 is 10.1 Å². The van der Waals surface area contributed by atoms with Gasteiger partial charge in [0.25, 0.3) is 0 Å². The Hall–Kier alpha value is -1.59. The first-order valence-corrected chi connectivity index (χ1v) is 9.04. The molecule has 1 aromatic rings. The number of benzene rings is 1. The molecule has 1 N–H and O–H groups in total. The molecule has 24 heavy (non-hydrogen) atoms. The number of ether oxygens (including phenoxy) is 2. The molecule has 0 radical (unpaired) electrons. The van der Waals surface area contributed by atoms with Crippen LogP contribution in [0, 0.1) is 0 Å². The van der Waals surface area contributed by atoms with Gasteiger partial charge in [0.2, 0.25) is 5.91 Å². The fourth-order valence-corrected chi connectivity index (χ4v) is 3.31. The Morgan fingerprint density at radius 3 is 2.75 bits per heavy atom. The number of hydrogen-bond donors (Lipinski definition) is 1. The zero-order valence-corrected chi connectivity index (χ0v) is 14.5. The molecule has 1 saturated carbocycles. The van der Waals surface area contributed by atoms with E-state index in [0.717, 1.165) is 18.7 Å². The molecule has 1 aliphatic carbocycles. The van der Waals surface area contributed by atoms with Gasteiger partial charge in [-0.1, -0.05) is 12.1 Å². The van der Waals surface area contributed by atoms with Crippen molar-refractivity contribution < 1.29 is 14.3 Å². The first kappa shape index (κ1) is 17.2. The van der Waals surface area contributed by atoms with Crippen LogP contribution in [0.3, 0.4) is 0 Å². The number of likely N-dealkylation sites (N-methyl/N-ethyl adjacent to an activating group) is 1. The summed E-state index contributed by atoms with van der Waals surface area (Å²) in [5.41, 5.74) is 1.20. The fourth-order valence-electron chi connectivity index (χ4n) is 3.31. The average Bonchev–Trinajstić information content (AvgIpc) is 3.09. The minimum atomic E-state index is -0.342. The molecule has 0 unspecified atom stereocenters. The summed E-state index contributed by atoms with van der Waals surface area (Å²) in [6, 6.07) is 8.24. The maximum atomic E-state index is 12.1. The highest BCUT2D eigenvalue weighted by Gasteiger charge is 2.24. The Bertz CT molecular complexity index is 526. The molecule has 1 amide bonds. The van der Waals surface area contributed by atoms with Crippen LogP contribution in [0.4, 0.5) is 0 Å². The fraction of sp³-hybridized carbons (Fsp3) is 0.632. The molecule has 2 aliphatic rings.